The van der Waals surface area contributed by atoms with Crippen LogP contribution in [0.5, 0.6) is 0 Å². The Hall–Kier alpha value is -0.720. The van der Waals surface area contributed by atoms with Crippen molar-refractivity contribution >= 4 is 0 Å². The number of hydrogen-bond donors (Lipinski definition) is 1. The molecule has 0 unspecified atom stereocenters. The maximum absolute atomic E-state index is 3.96. The lowest BCUT2D eigenvalue weighted by Gasteiger charge is -2.35. The number of nitrogens with one attached hydrogen (secondary N) is 1. The topological polar surface area (TPSA) is 12.0 Å². The average Bonchev–Trinajstić information content (AvgIpc) is 1.95. The minimum Gasteiger partial charge on any atom is -0.386 e. The molecule has 80 valence electrons. The van der Waals surface area contributed by atoms with Gasteiger partial charge in [0.2, 0.25) is 0 Å². The van der Waals surface area contributed by atoms with Crippen LogP contribution in [-0.4, -0.2) is 6.04 Å². The van der Waals surface area contributed by atoms with Crippen LogP contribution in [0.2, 0.25) is 0 Å². The monoisotopic (exact) mass is 193 g/mol. The second-order valence-corrected chi connectivity index (χ2v) is 4.72. The van der Waals surface area contributed by atoms with Crippen molar-refractivity contribution < 1.29 is 0 Å². The van der Waals surface area contributed by atoms with E-state index in [0.29, 0.717) is 6.04 Å². The van der Waals surface area contributed by atoms with Crippen LogP contribution in [0.1, 0.15) is 46.0 Å². The van der Waals surface area contributed by atoms with Crippen LogP contribution in [0, 0.1) is 5.92 Å². The van der Waals surface area contributed by atoms with Crippen molar-refractivity contribution in [2.24, 2.45) is 5.92 Å². The molecule has 0 saturated heterocycles. The first kappa shape index (κ1) is 11.4. The van der Waals surface area contributed by atoms with Gasteiger partial charge in [0.25, 0.3) is 0 Å². The van der Waals surface area contributed by atoms with Gasteiger partial charge in [-0.1, -0.05) is 18.6 Å². The Morgan fingerprint density at radius 1 is 1.36 bits per heavy atom. The minimum atomic E-state index is 0.637. The van der Waals surface area contributed by atoms with Gasteiger partial charge in [-0.3, -0.25) is 0 Å². The first-order valence-electron chi connectivity index (χ1n) is 5.66. The predicted molar refractivity (Wildman–Crippen MR) is 63.1 cm³/mol. The normalized spacial score (nSPS) is 18.4. The molecule has 0 heterocycles. The molecule has 1 saturated carbocycles. The second kappa shape index (κ2) is 5.23. The van der Waals surface area contributed by atoms with Crippen LogP contribution in [0.3, 0.4) is 0 Å². The van der Waals surface area contributed by atoms with Crippen molar-refractivity contribution in [3.63, 3.8) is 0 Å². The summed E-state index contributed by atoms with van der Waals surface area (Å²) in [6.07, 6.45) is 6.54. The Kier molecular flexibility index (Phi) is 4.24. The third kappa shape index (κ3) is 3.57. The lowest BCUT2D eigenvalue weighted by Crippen LogP contribution is -2.38. The fraction of sp³-hybridized carbons (Fsp3) is 0.692. The van der Waals surface area contributed by atoms with E-state index in [2.05, 4.69) is 25.4 Å². The molecule has 1 fully saturated rings. The summed E-state index contributed by atoms with van der Waals surface area (Å²) in [4.78, 5) is 0. The molecule has 0 spiro atoms. The van der Waals surface area contributed by atoms with E-state index in [1.165, 1.54) is 31.3 Å². The smallest absolute Gasteiger partial charge is 0.0289 e. The summed E-state index contributed by atoms with van der Waals surface area (Å²) in [5.41, 5.74) is 2.39. The van der Waals surface area contributed by atoms with E-state index in [0.717, 1.165) is 18.0 Å². The highest BCUT2D eigenvalue weighted by Crippen LogP contribution is 2.32. The summed E-state index contributed by atoms with van der Waals surface area (Å²) in [5, 5.41) is 3.50. The fourth-order valence-electron chi connectivity index (χ4n) is 1.99. The first-order valence-corrected chi connectivity index (χ1v) is 5.66. The summed E-state index contributed by atoms with van der Waals surface area (Å²) in [7, 11) is 0. The van der Waals surface area contributed by atoms with Crippen LogP contribution in [0.4, 0.5) is 0 Å². The molecule has 1 aliphatic rings. The third-order valence-corrected chi connectivity index (χ3v) is 3.03. The van der Waals surface area contributed by atoms with Crippen LogP contribution >= 0.6 is 0 Å². The first-order chi connectivity index (χ1) is 6.59. The van der Waals surface area contributed by atoms with E-state index in [1.807, 2.05) is 6.92 Å². The van der Waals surface area contributed by atoms with Crippen LogP contribution in [0.25, 0.3) is 0 Å². The molecule has 0 aromatic heterocycles. The van der Waals surface area contributed by atoms with Crippen LogP contribution in [0.15, 0.2) is 24.4 Å². The lowest BCUT2D eigenvalue weighted by atomic mass is 9.78. The van der Waals surface area contributed by atoms with E-state index < -0.39 is 0 Å². The molecule has 0 aromatic carbocycles. The van der Waals surface area contributed by atoms with Gasteiger partial charge in [-0.05, 0) is 45.4 Å². The highest BCUT2D eigenvalue weighted by Gasteiger charge is 2.26. The molecule has 1 aliphatic carbocycles. The summed E-state index contributed by atoms with van der Waals surface area (Å²) < 4.78 is 0. The van der Waals surface area contributed by atoms with Crippen molar-refractivity contribution in [1.29, 1.82) is 0 Å². The SMILES string of the molecule is C=C(C)CC[C@@H](NC(=C)C)C1CCC1. The Morgan fingerprint density at radius 3 is 2.36 bits per heavy atom. The Balaban J connectivity index is 2.35. The zero-order valence-electron chi connectivity index (χ0n) is 9.60. The van der Waals surface area contributed by atoms with Crippen LogP contribution in [-0.2, 0) is 0 Å². The molecular formula is C13H23N. The van der Waals surface area contributed by atoms with Crippen molar-refractivity contribution in [1.82, 2.24) is 5.32 Å². The molecule has 1 atom stereocenters. The summed E-state index contributed by atoms with van der Waals surface area (Å²) in [6.45, 7) is 12.0. The van der Waals surface area contributed by atoms with Gasteiger partial charge in [-0.25, -0.2) is 0 Å². The van der Waals surface area contributed by atoms with Crippen molar-refractivity contribution in [2.45, 2.75) is 52.0 Å². The van der Waals surface area contributed by atoms with Crippen molar-refractivity contribution in [3.05, 3.63) is 24.4 Å². The van der Waals surface area contributed by atoms with Gasteiger partial charge in [-0.2, -0.15) is 0 Å². The highest BCUT2D eigenvalue weighted by molar-refractivity contribution is 4.96. The largest absolute Gasteiger partial charge is 0.386 e. The summed E-state index contributed by atoms with van der Waals surface area (Å²) in [5.74, 6) is 0.881. The van der Waals surface area contributed by atoms with Gasteiger partial charge in [0.05, 0.1) is 0 Å². The standard InChI is InChI=1S/C13H23N/c1-10(2)8-9-13(14-11(3)4)12-6-5-7-12/h12-14H,1,3,5-9H2,2,4H3/t13-/m1/s1. The molecule has 0 amide bonds. The summed E-state index contributed by atoms with van der Waals surface area (Å²) in [6, 6.07) is 0.637. The molecule has 0 aliphatic heterocycles. The van der Waals surface area contributed by atoms with Crippen molar-refractivity contribution in [2.75, 3.05) is 0 Å². The molecule has 0 radical (unpaired) electrons. The van der Waals surface area contributed by atoms with E-state index in [4.69, 9.17) is 0 Å². The maximum Gasteiger partial charge on any atom is 0.0289 e. The van der Waals surface area contributed by atoms with Crippen molar-refractivity contribution in [3.8, 4) is 0 Å². The second-order valence-electron chi connectivity index (χ2n) is 4.72. The average molecular weight is 193 g/mol. The quantitative estimate of drug-likeness (QED) is 0.635. The molecule has 14 heavy (non-hydrogen) atoms. The molecular weight excluding hydrogens is 170 g/mol. The molecule has 1 rings (SSSR count). The van der Waals surface area contributed by atoms with Gasteiger partial charge in [0.1, 0.15) is 0 Å². The lowest BCUT2D eigenvalue weighted by molar-refractivity contribution is 0.229. The number of hydrogen-bond acceptors (Lipinski definition) is 1. The fourth-order valence-corrected chi connectivity index (χ4v) is 1.99. The number of allylic oxidation sites excluding steroid dienone is 2. The number of rotatable bonds is 6. The Bertz CT molecular complexity index is 213. The molecule has 1 nitrogen and oxygen atoms in total. The minimum absolute atomic E-state index is 0.637. The molecule has 1 N–H and O–H groups in total. The van der Waals surface area contributed by atoms with Gasteiger partial charge in [-0.15, -0.1) is 6.58 Å². The zero-order chi connectivity index (χ0) is 10.6. The molecule has 0 aromatic rings. The van der Waals surface area contributed by atoms with Gasteiger partial charge >= 0.3 is 0 Å². The third-order valence-electron chi connectivity index (χ3n) is 3.03. The van der Waals surface area contributed by atoms with E-state index in [-0.39, 0.29) is 0 Å². The van der Waals surface area contributed by atoms with E-state index in [1.54, 1.807) is 0 Å². The Labute approximate surface area is 88.3 Å². The van der Waals surface area contributed by atoms with E-state index >= 15 is 0 Å². The molecule has 0 bridgehead atoms. The molecule has 1 heteroatoms. The Morgan fingerprint density at radius 2 is 2.00 bits per heavy atom. The predicted octanol–water partition coefficient (Wildman–Crippen LogP) is 3.63. The van der Waals surface area contributed by atoms with Gasteiger partial charge < -0.3 is 5.32 Å². The van der Waals surface area contributed by atoms with Gasteiger partial charge in [0, 0.05) is 11.7 Å². The highest BCUT2D eigenvalue weighted by atomic mass is 14.9. The van der Waals surface area contributed by atoms with Crippen LogP contribution < -0.4 is 5.32 Å². The zero-order valence-corrected chi connectivity index (χ0v) is 9.60. The van der Waals surface area contributed by atoms with Gasteiger partial charge in [0.15, 0.2) is 0 Å². The van der Waals surface area contributed by atoms with E-state index in [9.17, 15) is 0 Å². The summed E-state index contributed by atoms with van der Waals surface area (Å²) >= 11 is 0. The maximum atomic E-state index is 3.96.